The third-order valence-corrected chi connectivity index (χ3v) is 6.76. The Morgan fingerprint density at radius 3 is 2.27 bits per heavy atom. The van der Waals surface area contributed by atoms with Crippen molar-refractivity contribution in [2.24, 2.45) is 11.7 Å². The molecule has 0 bridgehead atoms. The molecule has 0 aromatic carbocycles. The number of hydrogen-bond donors (Lipinski definition) is 1. The monoisotopic (exact) mass is 594 g/mol. The summed E-state index contributed by atoms with van der Waals surface area (Å²) in [6, 6.07) is 1.74. The Hall–Kier alpha value is -1.98. The first kappa shape index (κ1) is 40.2. The van der Waals surface area contributed by atoms with Crippen LogP contribution in [0.2, 0.25) is 0 Å². The molecule has 2 N–H and O–H groups in total. The molecular formula is C29H53F3N4O3S. The number of nitrogens with zero attached hydrogens (tertiary/aromatic N) is 3. The van der Waals surface area contributed by atoms with Crippen LogP contribution >= 0.6 is 11.3 Å². The Morgan fingerprint density at radius 1 is 1.12 bits per heavy atom. The molecule has 40 heavy (non-hydrogen) atoms. The highest BCUT2D eigenvalue weighted by Crippen LogP contribution is 2.32. The van der Waals surface area contributed by atoms with Crippen LogP contribution in [0.15, 0.2) is 10.6 Å². The van der Waals surface area contributed by atoms with E-state index in [4.69, 9.17) is 9.26 Å². The van der Waals surface area contributed by atoms with Gasteiger partial charge in [-0.05, 0) is 39.3 Å². The summed E-state index contributed by atoms with van der Waals surface area (Å²) in [5, 5.41) is 3.76. The third-order valence-electron chi connectivity index (χ3n) is 5.69. The van der Waals surface area contributed by atoms with Crippen LogP contribution in [0.5, 0.6) is 5.19 Å². The van der Waals surface area contributed by atoms with Gasteiger partial charge in [0.15, 0.2) is 6.61 Å². The highest BCUT2D eigenvalue weighted by molar-refractivity contribution is 7.13. The fourth-order valence-electron chi connectivity index (χ4n) is 4.06. The lowest BCUT2D eigenvalue weighted by Crippen LogP contribution is -2.32. The van der Waals surface area contributed by atoms with Crippen LogP contribution in [0.4, 0.5) is 13.2 Å². The van der Waals surface area contributed by atoms with Crippen molar-refractivity contribution in [3.05, 3.63) is 28.1 Å². The van der Waals surface area contributed by atoms with Gasteiger partial charge in [0.25, 0.3) is 5.19 Å². The lowest BCUT2D eigenvalue weighted by Gasteiger charge is -2.29. The van der Waals surface area contributed by atoms with E-state index in [9.17, 15) is 18.0 Å². The Kier molecular flexibility index (Phi) is 24.9. The number of thiazole rings is 1. The fourth-order valence-corrected chi connectivity index (χ4v) is 4.97. The van der Waals surface area contributed by atoms with E-state index >= 15 is 0 Å². The Bertz CT molecular complexity index is 854. The molecule has 2 aromatic rings. The number of hydrogen-bond acceptors (Lipinski definition) is 8. The average Bonchev–Trinajstić information content (AvgIpc) is 3.61. The first-order valence-electron chi connectivity index (χ1n) is 14.7. The highest BCUT2D eigenvalue weighted by Gasteiger charge is 2.30. The zero-order valence-electron chi connectivity index (χ0n) is 25.9. The summed E-state index contributed by atoms with van der Waals surface area (Å²) in [6.45, 7) is 15.3. The van der Waals surface area contributed by atoms with Gasteiger partial charge in [-0.1, -0.05) is 90.1 Å². The highest BCUT2D eigenvalue weighted by atomic mass is 32.1. The molecule has 0 unspecified atom stereocenters. The van der Waals surface area contributed by atoms with Crippen LogP contribution in [0, 0.1) is 12.8 Å². The standard InChI is InChI=1S/C16H23F3N2OS.C6H7NO2.3C2H6.CH5N/c17-16(18,19)11-22-15-20-13-10-21(9-7-14(13)23-15)8-6-12-4-2-1-3-5-12;1-5-4-6(2-3-8)9-7-5;4*1-2/h12H,1-11H2;3-4H,2H2,1H3;3*1-2H3;2H2,1H3. The van der Waals surface area contributed by atoms with Gasteiger partial charge in [0.1, 0.15) is 12.0 Å². The van der Waals surface area contributed by atoms with E-state index < -0.39 is 12.8 Å². The van der Waals surface area contributed by atoms with E-state index in [0.29, 0.717) is 12.2 Å². The molecule has 1 fully saturated rings. The van der Waals surface area contributed by atoms with Crippen LogP contribution in [0.3, 0.4) is 0 Å². The molecule has 4 rings (SSSR count). The summed E-state index contributed by atoms with van der Waals surface area (Å²) in [7, 11) is 1.50. The van der Waals surface area contributed by atoms with Gasteiger partial charge in [-0.2, -0.15) is 13.2 Å². The van der Waals surface area contributed by atoms with Crippen LogP contribution in [-0.2, 0) is 24.2 Å². The number of carbonyl (C=O) groups excluding carboxylic acids is 1. The van der Waals surface area contributed by atoms with Gasteiger partial charge in [-0.3, -0.25) is 4.90 Å². The molecule has 234 valence electrons. The van der Waals surface area contributed by atoms with E-state index in [1.54, 1.807) is 6.07 Å². The molecule has 11 heteroatoms. The van der Waals surface area contributed by atoms with Gasteiger partial charge in [-0.25, -0.2) is 4.98 Å². The summed E-state index contributed by atoms with van der Waals surface area (Å²) in [4.78, 5) is 17.6. The molecule has 7 nitrogen and oxygen atoms in total. The number of halogens is 3. The Labute approximate surface area is 244 Å². The Balaban J connectivity index is 0. The van der Waals surface area contributed by atoms with E-state index in [2.05, 4.69) is 20.8 Å². The van der Waals surface area contributed by atoms with Gasteiger partial charge in [0, 0.05) is 24.0 Å². The molecule has 0 radical (unpaired) electrons. The molecule has 0 amide bonds. The topological polar surface area (TPSA) is 94.5 Å². The number of ether oxygens (including phenoxy) is 1. The number of nitrogens with two attached hydrogens (primary N) is 1. The molecule has 2 aromatic heterocycles. The van der Waals surface area contributed by atoms with Gasteiger partial charge >= 0.3 is 6.18 Å². The van der Waals surface area contributed by atoms with Gasteiger partial charge in [0.05, 0.1) is 17.8 Å². The maximum Gasteiger partial charge on any atom is 0.422 e. The number of aromatic nitrogens is 2. The average molecular weight is 595 g/mol. The number of aryl methyl sites for hydroxylation is 1. The largest absolute Gasteiger partial charge is 0.460 e. The van der Waals surface area contributed by atoms with Gasteiger partial charge in [0.2, 0.25) is 0 Å². The second kappa shape index (κ2) is 24.8. The van der Waals surface area contributed by atoms with E-state index in [1.165, 1.54) is 56.9 Å². The van der Waals surface area contributed by atoms with Crippen molar-refractivity contribution in [1.82, 2.24) is 15.0 Å². The van der Waals surface area contributed by atoms with Crippen molar-refractivity contribution < 1.29 is 27.2 Å². The van der Waals surface area contributed by atoms with Crippen LogP contribution in [0.1, 0.15) is 102 Å². The molecule has 1 saturated carbocycles. The Morgan fingerprint density at radius 2 is 1.75 bits per heavy atom. The van der Waals surface area contributed by atoms with Crippen molar-refractivity contribution in [2.45, 2.75) is 113 Å². The van der Waals surface area contributed by atoms with Gasteiger partial charge in [-0.15, -0.1) is 0 Å². The molecule has 3 heterocycles. The number of aldehydes is 1. The predicted octanol–water partition coefficient (Wildman–Crippen LogP) is 7.79. The molecule has 0 atom stereocenters. The number of rotatable bonds is 7. The summed E-state index contributed by atoms with van der Waals surface area (Å²) in [5.41, 5.74) is 6.22. The van der Waals surface area contributed by atoms with Crippen LogP contribution in [-0.4, -0.2) is 54.2 Å². The maximum absolute atomic E-state index is 12.2. The molecule has 1 aliphatic carbocycles. The minimum absolute atomic E-state index is 0.154. The lowest BCUT2D eigenvalue weighted by atomic mass is 9.87. The molecular weight excluding hydrogens is 541 g/mol. The van der Waals surface area contributed by atoms with Crippen molar-refractivity contribution in [2.75, 3.05) is 26.7 Å². The number of fused-ring (bicyclic) bond motifs is 1. The first-order valence-corrected chi connectivity index (χ1v) is 15.5. The van der Waals surface area contributed by atoms with Crippen molar-refractivity contribution in [3.8, 4) is 5.19 Å². The molecule has 1 aliphatic heterocycles. The second-order valence-corrected chi connectivity index (χ2v) is 9.42. The van der Waals surface area contributed by atoms with E-state index in [-0.39, 0.29) is 5.19 Å². The maximum atomic E-state index is 12.2. The summed E-state index contributed by atoms with van der Waals surface area (Å²) < 4.78 is 46.1. The smallest absolute Gasteiger partial charge is 0.422 e. The van der Waals surface area contributed by atoms with Crippen molar-refractivity contribution in [1.29, 1.82) is 0 Å². The van der Waals surface area contributed by atoms with Crippen molar-refractivity contribution >= 4 is 17.6 Å². The molecule has 2 aliphatic rings. The molecule has 0 spiro atoms. The van der Waals surface area contributed by atoms with Crippen LogP contribution < -0.4 is 10.5 Å². The minimum atomic E-state index is -4.31. The predicted molar refractivity (Wildman–Crippen MR) is 159 cm³/mol. The van der Waals surface area contributed by atoms with E-state index in [1.807, 2.05) is 48.5 Å². The zero-order chi connectivity index (χ0) is 31.0. The number of alkyl halides is 3. The lowest BCUT2D eigenvalue weighted by molar-refractivity contribution is -0.153. The SMILES string of the molecule is CC.CC.CC.CN.Cc1cc(CC=O)on1.FC(F)(F)COc1nc2c(s1)CCN(CCC1CCCCC1)C2. The quantitative estimate of drug-likeness (QED) is 0.327. The van der Waals surface area contributed by atoms with Crippen LogP contribution in [0.25, 0.3) is 0 Å². The fraction of sp³-hybridized carbons (Fsp3) is 0.759. The molecule has 0 saturated heterocycles. The normalized spacial score (nSPS) is 14.5. The summed E-state index contributed by atoms with van der Waals surface area (Å²) in [5.74, 6) is 1.48. The van der Waals surface area contributed by atoms with Gasteiger partial charge < -0.3 is 19.8 Å². The van der Waals surface area contributed by atoms with E-state index in [0.717, 1.165) is 54.5 Å². The number of carbonyl (C=O) groups is 1. The second-order valence-electron chi connectivity index (χ2n) is 8.38. The summed E-state index contributed by atoms with van der Waals surface area (Å²) >= 11 is 1.26. The minimum Gasteiger partial charge on any atom is -0.460 e. The summed E-state index contributed by atoms with van der Waals surface area (Å²) in [6.07, 6.45) is 5.71. The first-order chi connectivity index (χ1) is 19.3. The van der Waals surface area contributed by atoms with Crippen molar-refractivity contribution in [3.63, 3.8) is 0 Å². The third kappa shape index (κ3) is 17.7. The zero-order valence-corrected chi connectivity index (χ0v) is 26.7.